The fourth-order valence-electron chi connectivity index (χ4n) is 3.26. The third-order valence-corrected chi connectivity index (χ3v) is 6.28. The summed E-state index contributed by atoms with van der Waals surface area (Å²) in [4.78, 5) is 19.5. The lowest BCUT2D eigenvalue weighted by Gasteiger charge is -2.32. The number of hydrogen-bond acceptors (Lipinski definition) is 11. The molecule has 2 heterocycles. The number of aromatic nitrogens is 3. The maximum Gasteiger partial charge on any atom is 0.306 e. The summed E-state index contributed by atoms with van der Waals surface area (Å²) in [6.07, 6.45) is 2.34. The average molecular weight is 585 g/mol. The van der Waals surface area contributed by atoms with E-state index in [2.05, 4.69) is 15.1 Å². The van der Waals surface area contributed by atoms with Crippen LogP contribution in [0, 0.1) is 5.92 Å². The van der Waals surface area contributed by atoms with E-state index in [1.807, 2.05) is 13.8 Å². The zero-order chi connectivity index (χ0) is 28.7. The van der Waals surface area contributed by atoms with E-state index >= 15 is 0 Å². The van der Waals surface area contributed by atoms with Crippen molar-refractivity contribution in [3.63, 3.8) is 0 Å². The van der Waals surface area contributed by atoms with Gasteiger partial charge in [-0.25, -0.2) is 4.98 Å². The lowest BCUT2D eigenvalue weighted by atomic mass is 9.82. The van der Waals surface area contributed by atoms with Gasteiger partial charge in [-0.05, 0) is 51.0 Å². The lowest BCUT2D eigenvalue weighted by molar-refractivity contribution is -0.147. The molecular weight excluding hydrogens is 555 g/mol. The number of nitrogens with two attached hydrogens (primary N) is 1. The molecule has 3 aromatic rings. The van der Waals surface area contributed by atoms with Gasteiger partial charge in [-0.3, -0.25) is 4.79 Å². The molecule has 1 aliphatic carbocycles. The van der Waals surface area contributed by atoms with Crippen molar-refractivity contribution in [1.82, 2.24) is 15.1 Å². The number of carboxylic acids is 1. The number of aliphatic hydroxyl groups excluding tert-OH is 3. The van der Waals surface area contributed by atoms with Crippen molar-refractivity contribution in [1.29, 1.82) is 0 Å². The van der Waals surface area contributed by atoms with Gasteiger partial charge in [0, 0.05) is 11.8 Å². The summed E-state index contributed by atoms with van der Waals surface area (Å²) in [5.41, 5.74) is 5.06. The van der Waals surface area contributed by atoms with Gasteiger partial charge >= 0.3 is 5.97 Å². The van der Waals surface area contributed by atoms with Gasteiger partial charge in [0.1, 0.15) is 16.9 Å². The Hall–Kier alpha value is -3.00. The molecule has 2 aromatic heterocycles. The van der Waals surface area contributed by atoms with Crippen LogP contribution in [0.25, 0.3) is 22.8 Å². The summed E-state index contributed by atoms with van der Waals surface area (Å²) in [5, 5.41) is 38.7. The number of nitrogens with zero attached hydrogens (tertiary/aromatic N) is 3. The van der Waals surface area contributed by atoms with Gasteiger partial charge in [-0.1, -0.05) is 28.4 Å². The van der Waals surface area contributed by atoms with E-state index < -0.39 is 31.3 Å². The van der Waals surface area contributed by atoms with Gasteiger partial charge in [0.15, 0.2) is 0 Å². The molecule has 0 bridgehead atoms. The first-order valence-electron chi connectivity index (χ1n) is 12.0. The van der Waals surface area contributed by atoms with Crippen molar-refractivity contribution >= 4 is 29.2 Å². The van der Waals surface area contributed by atoms with Gasteiger partial charge in [0.05, 0.1) is 48.0 Å². The normalized spacial score (nSPS) is 16.7. The topological polar surface area (TPSA) is 194 Å². The number of carbonyl (C=O) groups is 1. The second kappa shape index (κ2) is 13.4. The zero-order valence-corrected chi connectivity index (χ0v) is 22.8. The van der Waals surface area contributed by atoms with Crippen LogP contribution in [0.5, 0.6) is 11.6 Å². The van der Waals surface area contributed by atoms with Crippen LogP contribution in [0.1, 0.15) is 26.7 Å². The highest BCUT2D eigenvalue weighted by Gasteiger charge is 2.36. The minimum absolute atomic E-state index is 0.0529. The maximum absolute atomic E-state index is 10.9. The molecule has 0 saturated heterocycles. The number of hydrogen-bond donors (Lipinski definition) is 5. The lowest BCUT2D eigenvalue weighted by Crippen LogP contribution is -2.50. The van der Waals surface area contributed by atoms with Gasteiger partial charge in [0.25, 0.3) is 5.89 Å². The van der Waals surface area contributed by atoms with Crippen molar-refractivity contribution < 1.29 is 39.2 Å². The van der Waals surface area contributed by atoms with Gasteiger partial charge < -0.3 is 40.2 Å². The Labute approximate surface area is 234 Å². The fraction of sp³-hybridized carbons (Fsp3) is 0.440. The van der Waals surface area contributed by atoms with Crippen LogP contribution < -0.4 is 15.2 Å². The van der Waals surface area contributed by atoms with Gasteiger partial charge in [-0.15, -0.1) is 0 Å². The van der Waals surface area contributed by atoms with Gasteiger partial charge in [-0.2, -0.15) is 4.98 Å². The molecule has 0 radical (unpaired) electrons. The second-order valence-corrected chi connectivity index (χ2v) is 10.1. The van der Waals surface area contributed by atoms with E-state index in [1.54, 1.807) is 30.5 Å². The van der Waals surface area contributed by atoms with Crippen LogP contribution in [0.3, 0.4) is 0 Å². The van der Waals surface area contributed by atoms with E-state index in [9.17, 15) is 4.79 Å². The zero-order valence-electron chi connectivity index (χ0n) is 21.3. The van der Waals surface area contributed by atoms with E-state index in [-0.39, 0.29) is 24.0 Å². The Morgan fingerprint density at radius 2 is 1.82 bits per heavy atom. The minimum atomic E-state index is -1.21. The standard InChI is InChI=1S/C21H19Cl2N3O5.C4H11NO3/c1-10(2)29-20-17(23)7-12(9-24-20)19-25-18(26-31-19)15-4-3-13(8-16(15)22)30-14-5-11(6-14)21(27)28;5-4(1-6,2-7)3-8/h3-4,7-11,14H,5-6H2,1-2H3,(H,27,28);6-8H,1-3,5H2. The Morgan fingerprint density at radius 3 is 2.33 bits per heavy atom. The SMILES string of the molecule is CC(C)Oc1ncc(-c2nc(-c3ccc(OC4CC(C(=O)O)C4)cc3Cl)no2)cc1Cl.NC(CO)(CO)CO. The third-order valence-electron chi connectivity index (χ3n) is 5.70. The molecule has 12 nitrogen and oxygen atoms in total. The summed E-state index contributed by atoms with van der Waals surface area (Å²) in [6, 6.07) is 6.76. The highest BCUT2D eigenvalue weighted by Crippen LogP contribution is 2.35. The molecule has 4 rings (SSSR count). The quantitative estimate of drug-likeness (QED) is 0.234. The maximum atomic E-state index is 10.9. The van der Waals surface area contributed by atoms with Crippen molar-refractivity contribution in [3.8, 4) is 34.5 Å². The number of aliphatic hydroxyl groups is 3. The molecule has 0 spiro atoms. The predicted molar refractivity (Wildman–Crippen MR) is 142 cm³/mol. The first-order valence-corrected chi connectivity index (χ1v) is 12.7. The molecule has 0 aliphatic heterocycles. The van der Waals surface area contributed by atoms with Crippen LogP contribution in [-0.2, 0) is 4.79 Å². The van der Waals surface area contributed by atoms with Crippen molar-refractivity contribution in [2.45, 2.75) is 44.4 Å². The summed E-state index contributed by atoms with van der Waals surface area (Å²) in [6.45, 7) is 2.56. The number of carboxylic acid groups (broad SMARTS) is 1. The van der Waals surface area contributed by atoms with Gasteiger partial charge in [0.2, 0.25) is 11.7 Å². The molecule has 14 heteroatoms. The van der Waals surface area contributed by atoms with Crippen molar-refractivity contribution in [2.75, 3.05) is 19.8 Å². The summed E-state index contributed by atoms with van der Waals surface area (Å²) in [7, 11) is 0. The Bertz CT molecular complexity index is 1250. The number of aliphatic carboxylic acids is 1. The summed E-state index contributed by atoms with van der Waals surface area (Å²) >= 11 is 12.6. The Kier molecular flexibility index (Phi) is 10.5. The highest BCUT2D eigenvalue weighted by atomic mass is 35.5. The molecule has 0 atom stereocenters. The first-order chi connectivity index (χ1) is 18.5. The van der Waals surface area contributed by atoms with Crippen LogP contribution >= 0.6 is 23.2 Å². The number of rotatable bonds is 10. The van der Waals surface area contributed by atoms with E-state index in [1.165, 1.54) is 0 Å². The average Bonchev–Trinajstić information content (AvgIpc) is 3.36. The molecular formula is C25H30Cl2N4O8. The molecule has 1 aromatic carbocycles. The molecule has 39 heavy (non-hydrogen) atoms. The fourth-order valence-corrected chi connectivity index (χ4v) is 3.72. The molecule has 1 aliphatic rings. The van der Waals surface area contributed by atoms with Crippen molar-refractivity contribution in [2.24, 2.45) is 11.7 Å². The molecule has 6 N–H and O–H groups in total. The van der Waals surface area contributed by atoms with E-state index in [0.717, 1.165) is 0 Å². The highest BCUT2D eigenvalue weighted by molar-refractivity contribution is 6.33. The number of halogens is 2. The van der Waals surface area contributed by atoms with Crippen LogP contribution in [-0.4, -0.2) is 79.1 Å². The minimum Gasteiger partial charge on any atom is -0.490 e. The largest absolute Gasteiger partial charge is 0.490 e. The molecule has 1 fully saturated rings. The summed E-state index contributed by atoms with van der Waals surface area (Å²) < 4.78 is 16.7. The Morgan fingerprint density at radius 1 is 1.15 bits per heavy atom. The molecule has 0 amide bonds. The summed E-state index contributed by atoms with van der Waals surface area (Å²) in [5.74, 6) is 0.306. The number of pyridine rings is 1. The third kappa shape index (κ3) is 8.01. The van der Waals surface area contributed by atoms with E-state index in [0.29, 0.717) is 51.5 Å². The van der Waals surface area contributed by atoms with Crippen LogP contribution in [0.2, 0.25) is 10.0 Å². The molecule has 212 valence electrons. The monoisotopic (exact) mass is 584 g/mol. The number of ether oxygens (including phenoxy) is 2. The first kappa shape index (κ1) is 30.5. The van der Waals surface area contributed by atoms with Crippen LogP contribution in [0.15, 0.2) is 35.0 Å². The van der Waals surface area contributed by atoms with Crippen LogP contribution in [0.4, 0.5) is 0 Å². The second-order valence-electron chi connectivity index (χ2n) is 9.33. The van der Waals surface area contributed by atoms with E-state index in [4.69, 9.17) is 63.4 Å². The molecule has 0 unspecified atom stereocenters. The predicted octanol–water partition coefficient (Wildman–Crippen LogP) is 2.80. The molecule has 1 saturated carbocycles. The number of benzene rings is 1. The smallest absolute Gasteiger partial charge is 0.306 e. The Balaban J connectivity index is 0.000000459. The van der Waals surface area contributed by atoms with Crippen molar-refractivity contribution in [3.05, 3.63) is 40.5 Å².